The molecule has 0 aliphatic carbocycles. The van der Waals surface area contributed by atoms with Crippen LogP contribution in [0.1, 0.15) is 18.9 Å². The van der Waals surface area contributed by atoms with Crippen molar-refractivity contribution in [2.45, 2.75) is 19.4 Å². The van der Waals surface area contributed by atoms with Gasteiger partial charge >= 0.3 is 0 Å². The van der Waals surface area contributed by atoms with Gasteiger partial charge in [-0.1, -0.05) is 43.4 Å². The molecule has 0 radical (unpaired) electrons. The SMILES string of the molecule is CCC1=CN(C)C(/C=C/c2ccnc3c(O)cccc23)C=C1. The lowest BCUT2D eigenvalue weighted by atomic mass is 10.0. The third kappa shape index (κ3) is 2.75. The van der Waals surface area contributed by atoms with Gasteiger partial charge in [-0.2, -0.15) is 0 Å². The van der Waals surface area contributed by atoms with Crippen molar-refractivity contribution in [3.8, 4) is 5.75 Å². The second-order valence-corrected chi connectivity index (χ2v) is 5.51. The zero-order chi connectivity index (χ0) is 15.5. The summed E-state index contributed by atoms with van der Waals surface area (Å²) >= 11 is 0. The van der Waals surface area contributed by atoms with Crippen LogP contribution in [0, 0.1) is 0 Å². The second-order valence-electron chi connectivity index (χ2n) is 5.51. The molecule has 1 aromatic heterocycles. The number of hydrogen-bond acceptors (Lipinski definition) is 3. The van der Waals surface area contributed by atoms with Crippen molar-refractivity contribution in [3.05, 3.63) is 66.0 Å². The Labute approximate surface area is 130 Å². The Bertz CT molecular complexity index is 774. The summed E-state index contributed by atoms with van der Waals surface area (Å²) < 4.78 is 0. The van der Waals surface area contributed by atoms with Gasteiger partial charge < -0.3 is 10.0 Å². The Hall–Kier alpha value is -2.55. The number of benzene rings is 1. The minimum Gasteiger partial charge on any atom is -0.506 e. The van der Waals surface area contributed by atoms with Crippen LogP contribution in [-0.2, 0) is 0 Å². The van der Waals surface area contributed by atoms with Crippen molar-refractivity contribution < 1.29 is 5.11 Å². The Morgan fingerprint density at radius 3 is 2.95 bits per heavy atom. The molecule has 2 aromatic rings. The summed E-state index contributed by atoms with van der Waals surface area (Å²) in [7, 11) is 2.09. The Morgan fingerprint density at radius 1 is 1.32 bits per heavy atom. The third-order valence-corrected chi connectivity index (χ3v) is 4.01. The van der Waals surface area contributed by atoms with Gasteiger partial charge in [-0.15, -0.1) is 0 Å². The second kappa shape index (κ2) is 6.06. The minimum absolute atomic E-state index is 0.220. The van der Waals surface area contributed by atoms with Gasteiger partial charge in [0.1, 0.15) is 11.3 Å². The maximum atomic E-state index is 9.90. The van der Waals surface area contributed by atoms with Gasteiger partial charge in [0.05, 0.1) is 6.04 Å². The van der Waals surface area contributed by atoms with E-state index in [0.717, 1.165) is 17.4 Å². The summed E-state index contributed by atoms with van der Waals surface area (Å²) in [5.74, 6) is 0.220. The molecule has 1 unspecified atom stereocenters. The van der Waals surface area contributed by atoms with Gasteiger partial charge in [0.25, 0.3) is 0 Å². The van der Waals surface area contributed by atoms with Crippen molar-refractivity contribution >= 4 is 17.0 Å². The zero-order valence-electron chi connectivity index (χ0n) is 12.9. The van der Waals surface area contributed by atoms with Gasteiger partial charge in [-0.3, -0.25) is 4.98 Å². The average molecular weight is 292 g/mol. The molecule has 1 aromatic carbocycles. The number of fused-ring (bicyclic) bond motifs is 1. The lowest BCUT2D eigenvalue weighted by molar-refractivity contribution is 0.429. The first-order valence-corrected chi connectivity index (χ1v) is 7.55. The summed E-state index contributed by atoms with van der Waals surface area (Å²) in [6, 6.07) is 7.71. The highest BCUT2D eigenvalue weighted by Crippen LogP contribution is 2.26. The topological polar surface area (TPSA) is 36.4 Å². The largest absolute Gasteiger partial charge is 0.506 e. The van der Waals surface area contributed by atoms with Crippen LogP contribution in [0.5, 0.6) is 5.75 Å². The standard InChI is InChI=1S/C19H20N2O/c1-3-14-7-9-16(21(2)13-14)10-8-15-11-12-20-19-17(15)5-4-6-18(19)22/h4-13,16,22H,3H2,1-2H3/b10-8+. The summed E-state index contributed by atoms with van der Waals surface area (Å²) in [6.45, 7) is 2.16. The first-order chi connectivity index (χ1) is 10.7. The number of nitrogens with zero attached hydrogens (tertiary/aromatic N) is 2. The van der Waals surface area contributed by atoms with Crippen molar-refractivity contribution in [2.24, 2.45) is 0 Å². The number of likely N-dealkylation sites (N-methyl/N-ethyl adjacent to an activating group) is 1. The van der Waals surface area contributed by atoms with E-state index in [2.05, 4.69) is 54.4 Å². The first-order valence-electron chi connectivity index (χ1n) is 7.55. The van der Waals surface area contributed by atoms with Crippen LogP contribution >= 0.6 is 0 Å². The molecular weight excluding hydrogens is 272 g/mol. The molecule has 1 aliphatic heterocycles. The van der Waals surface area contributed by atoms with E-state index in [-0.39, 0.29) is 11.8 Å². The Morgan fingerprint density at radius 2 is 2.18 bits per heavy atom. The van der Waals surface area contributed by atoms with E-state index in [9.17, 15) is 5.11 Å². The monoisotopic (exact) mass is 292 g/mol. The number of aromatic nitrogens is 1. The number of allylic oxidation sites excluding steroid dienone is 2. The van der Waals surface area contributed by atoms with Crippen molar-refractivity contribution in [1.82, 2.24) is 9.88 Å². The fraction of sp³-hybridized carbons (Fsp3) is 0.211. The van der Waals surface area contributed by atoms with Crippen LogP contribution in [0.15, 0.2) is 60.5 Å². The minimum atomic E-state index is 0.220. The molecule has 3 heteroatoms. The quantitative estimate of drug-likeness (QED) is 0.924. The number of para-hydroxylation sites is 1. The average Bonchev–Trinajstić information content (AvgIpc) is 2.54. The molecule has 0 bridgehead atoms. The van der Waals surface area contributed by atoms with E-state index in [1.165, 1.54) is 5.57 Å². The lowest BCUT2D eigenvalue weighted by Gasteiger charge is -2.25. The molecule has 0 saturated heterocycles. The van der Waals surface area contributed by atoms with Crippen LogP contribution < -0.4 is 0 Å². The summed E-state index contributed by atoms with van der Waals surface area (Å²) in [5, 5.41) is 10.9. The van der Waals surface area contributed by atoms with Gasteiger partial charge in [0, 0.05) is 24.8 Å². The molecule has 3 rings (SSSR count). The van der Waals surface area contributed by atoms with Crippen molar-refractivity contribution in [2.75, 3.05) is 7.05 Å². The van der Waals surface area contributed by atoms with E-state index < -0.39 is 0 Å². The molecule has 1 aliphatic rings. The van der Waals surface area contributed by atoms with Crippen LogP contribution in [0.25, 0.3) is 17.0 Å². The van der Waals surface area contributed by atoms with E-state index in [1.54, 1.807) is 12.3 Å². The molecule has 0 fully saturated rings. The van der Waals surface area contributed by atoms with Crippen LogP contribution in [-0.4, -0.2) is 28.1 Å². The smallest absolute Gasteiger partial charge is 0.141 e. The van der Waals surface area contributed by atoms with E-state index >= 15 is 0 Å². The lowest BCUT2D eigenvalue weighted by Crippen LogP contribution is -2.25. The molecule has 1 atom stereocenters. The highest BCUT2D eigenvalue weighted by Gasteiger charge is 2.10. The maximum Gasteiger partial charge on any atom is 0.141 e. The van der Waals surface area contributed by atoms with E-state index in [4.69, 9.17) is 0 Å². The molecule has 2 heterocycles. The van der Waals surface area contributed by atoms with Crippen LogP contribution in [0.4, 0.5) is 0 Å². The summed E-state index contributed by atoms with van der Waals surface area (Å²) in [4.78, 5) is 6.46. The predicted octanol–water partition coefficient (Wildman–Crippen LogP) is 4.12. The van der Waals surface area contributed by atoms with Crippen molar-refractivity contribution in [3.63, 3.8) is 0 Å². The van der Waals surface area contributed by atoms with E-state index in [0.29, 0.717) is 5.52 Å². The van der Waals surface area contributed by atoms with Crippen molar-refractivity contribution in [1.29, 1.82) is 0 Å². The Balaban J connectivity index is 1.90. The third-order valence-electron chi connectivity index (χ3n) is 4.01. The fourth-order valence-electron chi connectivity index (χ4n) is 2.69. The van der Waals surface area contributed by atoms with E-state index in [1.807, 2.05) is 18.2 Å². The van der Waals surface area contributed by atoms with Crippen LogP contribution in [0.3, 0.4) is 0 Å². The predicted molar refractivity (Wildman–Crippen MR) is 91.5 cm³/mol. The molecule has 0 amide bonds. The zero-order valence-corrected chi connectivity index (χ0v) is 12.9. The molecule has 3 nitrogen and oxygen atoms in total. The molecule has 1 N–H and O–H groups in total. The molecular formula is C19H20N2O. The summed E-state index contributed by atoms with van der Waals surface area (Å²) in [5.41, 5.74) is 3.05. The fourth-order valence-corrected chi connectivity index (χ4v) is 2.69. The number of rotatable bonds is 3. The number of hydrogen-bond donors (Lipinski definition) is 1. The Kier molecular flexibility index (Phi) is 3.96. The van der Waals surface area contributed by atoms with Gasteiger partial charge in [-0.05, 0) is 29.7 Å². The first kappa shape index (κ1) is 14.4. The number of phenolic OH excluding ortho intramolecular Hbond substituents is 1. The highest BCUT2D eigenvalue weighted by atomic mass is 16.3. The highest BCUT2D eigenvalue weighted by molar-refractivity contribution is 5.91. The van der Waals surface area contributed by atoms with Gasteiger partial charge in [0.2, 0.25) is 0 Å². The molecule has 0 saturated carbocycles. The van der Waals surface area contributed by atoms with Gasteiger partial charge in [0.15, 0.2) is 0 Å². The van der Waals surface area contributed by atoms with Gasteiger partial charge in [-0.25, -0.2) is 0 Å². The number of pyridine rings is 1. The van der Waals surface area contributed by atoms with Crippen LogP contribution in [0.2, 0.25) is 0 Å². The molecule has 22 heavy (non-hydrogen) atoms. The molecule has 0 spiro atoms. The summed E-state index contributed by atoms with van der Waals surface area (Å²) in [6.07, 6.45) is 13.6. The normalized spacial score (nSPS) is 18.2. The number of aromatic hydroxyl groups is 1. The molecule has 112 valence electrons. The number of phenols is 1. The maximum absolute atomic E-state index is 9.90.